The quantitative estimate of drug-likeness (QED) is 0.552. The zero-order valence-electron chi connectivity index (χ0n) is 9.01. The smallest absolute Gasteiger partial charge is 0.352 e. The van der Waals surface area contributed by atoms with Crippen molar-refractivity contribution >= 4 is 17.3 Å². The van der Waals surface area contributed by atoms with E-state index in [1.807, 2.05) is 6.92 Å². The third-order valence-electron chi connectivity index (χ3n) is 1.99. The molecule has 1 aromatic heterocycles. The normalized spacial score (nSPS) is 12.1. The van der Waals surface area contributed by atoms with E-state index >= 15 is 0 Å². The zero-order valence-corrected chi connectivity index (χ0v) is 9.01. The van der Waals surface area contributed by atoms with Crippen LogP contribution < -0.4 is 11.1 Å². The minimum atomic E-state index is -0.616. The predicted octanol–water partition coefficient (Wildman–Crippen LogP) is 0.414. The highest BCUT2D eigenvalue weighted by Gasteiger charge is 2.20. The molecule has 0 saturated carbocycles. The first kappa shape index (κ1) is 12.1. The summed E-state index contributed by atoms with van der Waals surface area (Å²) in [6.07, 6.45) is 1.08. The molecule has 0 spiro atoms. The van der Waals surface area contributed by atoms with Crippen molar-refractivity contribution in [1.29, 1.82) is 0 Å². The van der Waals surface area contributed by atoms with Crippen LogP contribution in [-0.2, 0) is 4.74 Å². The topological polar surface area (TPSA) is 116 Å². The van der Waals surface area contributed by atoms with E-state index in [2.05, 4.69) is 15.3 Å². The van der Waals surface area contributed by atoms with Gasteiger partial charge in [0.05, 0.1) is 11.0 Å². The summed E-state index contributed by atoms with van der Waals surface area (Å²) in [6, 6.07) is 0. The number of ether oxygens (including phenoxy) is 1. The molecule has 0 fully saturated rings. The fourth-order valence-electron chi connectivity index (χ4n) is 1.03. The highest BCUT2D eigenvalue weighted by Crippen LogP contribution is 2.25. The first-order valence-electron chi connectivity index (χ1n) is 4.57. The fraction of sp³-hybridized carbons (Fsp3) is 0.500. The molecule has 1 heterocycles. The van der Waals surface area contributed by atoms with Crippen LogP contribution in [0.5, 0.6) is 0 Å². The van der Waals surface area contributed by atoms with Crippen molar-refractivity contribution in [3.8, 4) is 0 Å². The lowest BCUT2D eigenvalue weighted by atomic mass is 10.3. The molecule has 3 N–H and O–H groups in total. The van der Waals surface area contributed by atoms with Gasteiger partial charge in [0.1, 0.15) is 6.33 Å². The van der Waals surface area contributed by atoms with Crippen molar-refractivity contribution in [2.45, 2.75) is 13.0 Å². The number of nitrogens with one attached hydrogen (secondary N) is 1. The van der Waals surface area contributed by atoms with Gasteiger partial charge in [0, 0.05) is 13.7 Å². The first-order chi connectivity index (χ1) is 7.56. The number of nitrogens with zero attached hydrogens (tertiary/aromatic N) is 3. The summed E-state index contributed by atoms with van der Waals surface area (Å²) in [5.41, 5.74) is 5.08. The van der Waals surface area contributed by atoms with Crippen LogP contribution in [0.3, 0.4) is 0 Å². The van der Waals surface area contributed by atoms with Crippen molar-refractivity contribution in [3.05, 3.63) is 16.4 Å². The molecular formula is C8H13N5O3. The highest BCUT2D eigenvalue weighted by molar-refractivity contribution is 5.67. The van der Waals surface area contributed by atoms with E-state index < -0.39 is 4.92 Å². The van der Waals surface area contributed by atoms with E-state index in [-0.39, 0.29) is 23.4 Å². The van der Waals surface area contributed by atoms with Crippen molar-refractivity contribution in [2.75, 3.05) is 24.7 Å². The maximum absolute atomic E-state index is 10.7. The van der Waals surface area contributed by atoms with Gasteiger partial charge in [0.15, 0.2) is 0 Å². The molecular weight excluding hydrogens is 214 g/mol. The van der Waals surface area contributed by atoms with Gasteiger partial charge < -0.3 is 15.8 Å². The summed E-state index contributed by atoms with van der Waals surface area (Å²) < 4.78 is 5.00. The van der Waals surface area contributed by atoms with Gasteiger partial charge in [0.2, 0.25) is 11.6 Å². The standard InChI is InChI=1S/C8H13N5O3/c1-5(16-2)3-10-8-6(13(14)15)7(9)11-4-12-8/h4-5H,3H2,1-2H3,(H3,9,10,11,12). The van der Waals surface area contributed by atoms with E-state index in [1.165, 1.54) is 6.33 Å². The number of nitrogen functional groups attached to an aromatic ring is 1. The van der Waals surface area contributed by atoms with Crippen LogP contribution in [0.25, 0.3) is 0 Å². The Kier molecular flexibility index (Phi) is 3.95. The Labute approximate surface area is 92.0 Å². The first-order valence-corrected chi connectivity index (χ1v) is 4.57. The molecule has 0 saturated heterocycles. The van der Waals surface area contributed by atoms with Gasteiger partial charge in [-0.2, -0.15) is 0 Å². The van der Waals surface area contributed by atoms with Gasteiger partial charge in [-0.1, -0.05) is 0 Å². The van der Waals surface area contributed by atoms with E-state index in [0.717, 1.165) is 0 Å². The van der Waals surface area contributed by atoms with Crippen LogP contribution >= 0.6 is 0 Å². The fourth-order valence-corrected chi connectivity index (χ4v) is 1.03. The second-order valence-electron chi connectivity index (χ2n) is 3.14. The van der Waals surface area contributed by atoms with E-state index in [9.17, 15) is 10.1 Å². The number of hydrogen-bond donors (Lipinski definition) is 2. The Morgan fingerprint density at radius 3 is 2.94 bits per heavy atom. The summed E-state index contributed by atoms with van der Waals surface area (Å²) in [5.74, 6) is -0.0611. The van der Waals surface area contributed by atoms with Crippen molar-refractivity contribution in [1.82, 2.24) is 9.97 Å². The van der Waals surface area contributed by atoms with Crippen LogP contribution in [0.15, 0.2) is 6.33 Å². The zero-order chi connectivity index (χ0) is 12.1. The van der Waals surface area contributed by atoms with Crippen LogP contribution in [0, 0.1) is 10.1 Å². The molecule has 0 aliphatic heterocycles. The average Bonchev–Trinajstić information content (AvgIpc) is 2.25. The van der Waals surface area contributed by atoms with Gasteiger partial charge in [-0.05, 0) is 6.92 Å². The minimum absolute atomic E-state index is 0.0872. The summed E-state index contributed by atoms with van der Waals surface area (Å²) in [7, 11) is 1.55. The number of anilines is 2. The Morgan fingerprint density at radius 1 is 1.69 bits per heavy atom. The van der Waals surface area contributed by atoms with Gasteiger partial charge >= 0.3 is 5.69 Å². The molecule has 8 nitrogen and oxygen atoms in total. The molecule has 1 rings (SSSR count). The SMILES string of the molecule is COC(C)CNc1ncnc(N)c1[N+](=O)[O-]. The number of aromatic nitrogens is 2. The monoisotopic (exact) mass is 227 g/mol. The lowest BCUT2D eigenvalue weighted by Gasteiger charge is -2.11. The summed E-state index contributed by atoms with van der Waals surface area (Å²) >= 11 is 0. The molecule has 0 amide bonds. The van der Waals surface area contributed by atoms with Crippen molar-refractivity contribution < 1.29 is 9.66 Å². The number of hydrogen-bond acceptors (Lipinski definition) is 7. The van der Waals surface area contributed by atoms with Crippen LogP contribution in [0.1, 0.15) is 6.92 Å². The largest absolute Gasteiger partial charge is 0.380 e. The summed E-state index contributed by atoms with van der Waals surface area (Å²) in [4.78, 5) is 17.4. The maximum Gasteiger partial charge on any atom is 0.352 e. The Hall–Kier alpha value is -1.96. The number of rotatable bonds is 5. The second kappa shape index (κ2) is 5.21. The van der Waals surface area contributed by atoms with Crippen LogP contribution in [0.2, 0.25) is 0 Å². The third-order valence-corrected chi connectivity index (χ3v) is 1.99. The molecule has 88 valence electrons. The number of methoxy groups -OCH3 is 1. The molecule has 0 aliphatic rings. The molecule has 0 bridgehead atoms. The Morgan fingerprint density at radius 2 is 2.38 bits per heavy atom. The molecule has 0 radical (unpaired) electrons. The van der Waals surface area contributed by atoms with E-state index in [4.69, 9.17) is 10.5 Å². The molecule has 8 heteroatoms. The highest BCUT2D eigenvalue weighted by atomic mass is 16.6. The summed E-state index contributed by atoms with van der Waals surface area (Å²) in [6.45, 7) is 2.22. The lowest BCUT2D eigenvalue weighted by Crippen LogP contribution is -2.19. The number of nitrogens with two attached hydrogens (primary N) is 1. The Bertz CT molecular complexity index is 384. The predicted molar refractivity (Wildman–Crippen MR) is 58.1 cm³/mol. The van der Waals surface area contributed by atoms with E-state index in [1.54, 1.807) is 7.11 Å². The van der Waals surface area contributed by atoms with Crippen molar-refractivity contribution in [3.63, 3.8) is 0 Å². The molecule has 0 aromatic carbocycles. The van der Waals surface area contributed by atoms with Crippen LogP contribution in [0.4, 0.5) is 17.3 Å². The van der Waals surface area contributed by atoms with Crippen molar-refractivity contribution in [2.24, 2.45) is 0 Å². The second-order valence-corrected chi connectivity index (χ2v) is 3.14. The van der Waals surface area contributed by atoms with Gasteiger partial charge in [-0.25, -0.2) is 9.97 Å². The van der Waals surface area contributed by atoms with E-state index in [0.29, 0.717) is 6.54 Å². The third kappa shape index (κ3) is 2.76. The molecule has 1 unspecified atom stereocenters. The molecule has 1 atom stereocenters. The average molecular weight is 227 g/mol. The molecule has 0 aliphatic carbocycles. The maximum atomic E-state index is 10.7. The number of nitro groups is 1. The van der Waals surface area contributed by atoms with Crippen LogP contribution in [-0.4, -0.2) is 34.6 Å². The molecule has 1 aromatic rings. The lowest BCUT2D eigenvalue weighted by molar-refractivity contribution is -0.383. The molecule has 16 heavy (non-hydrogen) atoms. The van der Waals surface area contributed by atoms with Gasteiger partial charge in [0.25, 0.3) is 0 Å². The minimum Gasteiger partial charge on any atom is -0.380 e. The van der Waals surface area contributed by atoms with Gasteiger partial charge in [-0.3, -0.25) is 10.1 Å². The summed E-state index contributed by atoms with van der Waals surface area (Å²) in [5, 5.41) is 13.5. The van der Waals surface area contributed by atoms with Gasteiger partial charge in [-0.15, -0.1) is 0 Å². The Balaban J connectivity index is 2.87.